The molecule has 0 spiro atoms. The maximum absolute atomic E-state index is 13.2. The van der Waals surface area contributed by atoms with E-state index in [1.54, 1.807) is 25.1 Å². The molecule has 0 saturated carbocycles. The number of furan rings is 4. The third-order valence-corrected chi connectivity index (χ3v) is 7.55. The summed E-state index contributed by atoms with van der Waals surface area (Å²) in [5, 5.41) is 0. The van der Waals surface area contributed by atoms with Gasteiger partial charge < -0.3 is 17.7 Å². The van der Waals surface area contributed by atoms with Crippen molar-refractivity contribution in [3.63, 3.8) is 0 Å². The van der Waals surface area contributed by atoms with Gasteiger partial charge in [-0.15, -0.1) is 0 Å². The molecule has 2 aliphatic carbocycles. The van der Waals surface area contributed by atoms with Crippen LogP contribution in [0.2, 0.25) is 0 Å². The van der Waals surface area contributed by atoms with Crippen LogP contribution in [-0.2, 0) is 17.3 Å². The third-order valence-electron chi connectivity index (χ3n) is 7.55. The van der Waals surface area contributed by atoms with Crippen molar-refractivity contribution < 1.29 is 22.5 Å². The van der Waals surface area contributed by atoms with Crippen molar-refractivity contribution in [1.82, 2.24) is 0 Å². The zero-order valence-electron chi connectivity index (χ0n) is 19.1. The molecule has 5 aromatic rings. The van der Waals surface area contributed by atoms with Crippen molar-refractivity contribution in [1.29, 1.82) is 0 Å². The first-order valence-electron chi connectivity index (χ1n) is 11.7. The molecule has 7 rings (SSSR count). The highest BCUT2D eigenvalue weighted by Crippen LogP contribution is 2.55. The molecule has 1 atom stereocenters. The fourth-order valence-electron chi connectivity index (χ4n) is 5.93. The molecule has 4 heterocycles. The molecule has 0 N–H and O–H groups in total. The lowest BCUT2D eigenvalue weighted by Crippen LogP contribution is -2.39. The lowest BCUT2D eigenvalue weighted by molar-refractivity contribution is 0.0946. The lowest BCUT2D eigenvalue weighted by Gasteiger charge is -2.40. The fourth-order valence-corrected chi connectivity index (χ4v) is 5.93. The van der Waals surface area contributed by atoms with E-state index >= 15 is 0 Å². The molecule has 0 aliphatic heterocycles. The highest BCUT2D eigenvalue weighted by atomic mass is 16.4. The molecule has 5 nitrogen and oxygen atoms in total. The van der Waals surface area contributed by atoms with Crippen LogP contribution in [0, 0.1) is 5.92 Å². The minimum Gasteiger partial charge on any atom is -0.468 e. The summed E-state index contributed by atoms with van der Waals surface area (Å²) >= 11 is 0. The summed E-state index contributed by atoms with van der Waals surface area (Å²) in [6.45, 7) is 1.98. The Labute approximate surface area is 201 Å². The number of Topliss-reactive ketones (excluding diaryl/α,β-unsaturated/α-hetero) is 1. The Morgan fingerprint density at radius 1 is 0.686 bits per heavy atom. The smallest absolute Gasteiger partial charge is 0.166 e. The summed E-state index contributed by atoms with van der Waals surface area (Å²) in [6.07, 6.45) is 11.6. The van der Waals surface area contributed by atoms with Crippen LogP contribution in [0.4, 0.5) is 0 Å². The fraction of sp³-hybridized carbons (Fsp3) is 0.167. The molecule has 172 valence electrons. The first kappa shape index (κ1) is 20.2. The van der Waals surface area contributed by atoms with Crippen LogP contribution >= 0.6 is 0 Å². The van der Waals surface area contributed by atoms with E-state index in [2.05, 4.69) is 18.2 Å². The first-order chi connectivity index (χ1) is 17.1. The number of carbonyl (C=O) groups is 1. The van der Waals surface area contributed by atoms with Crippen molar-refractivity contribution in [3.05, 3.63) is 143 Å². The number of hydrogen-bond donors (Lipinski definition) is 0. The second-order valence-corrected chi connectivity index (χ2v) is 9.38. The van der Waals surface area contributed by atoms with Gasteiger partial charge in [-0.2, -0.15) is 0 Å². The Morgan fingerprint density at radius 2 is 1.11 bits per heavy atom. The standard InChI is InChI=1S/C30H22O5/c1-19-16-20-17-22-23(18-21(20)28(19)31)30(26-8-4-14-34-26,27-9-5-15-35-27)11-10-29(22,24-6-2-12-32-24)25-7-3-13-33-25/h2-15,17-19H,16H2,1H3. The highest BCUT2D eigenvalue weighted by Gasteiger charge is 2.53. The van der Waals surface area contributed by atoms with Crippen LogP contribution in [0.25, 0.3) is 0 Å². The average Bonchev–Trinajstić information content (AvgIpc) is 3.70. The summed E-state index contributed by atoms with van der Waals surface area (Å²) in [7, 11) is 0. The molecular weight excluding hydrogens is 440 g/mol. The first-order valence-corrected chi connectivity index (χ1v) is 11.7. The van der Waals surface area contributed by atoms with Crippen LogP contribution in [0.15, 0.2) is 116 Å². The number of carbonyl (C=O) groups excluding carboxylic acids is 1. The molecule has 1 aromatic carbocycles. The predicted molar refractivity (Wildman–Crippen MR) is 127 cm³/mol. The molecular formula is C30H22O5. The lowest BCUT2D eigenvalue weighted by atomic mass is 9.61. The molecule has 0 saturated heterocycles. The predicted octanol–water partition coefficient (Wildman–Crippen LogP) is 6.67. The number of rotatable bonds is 4. The molecule has 5 heteroatoms. The Balaban J connectivity index is 1.64. The normalized spacial score (nSPS) is 19.6. The van der Waals surface area contributed by atoms with E-state index in [9.17, 15) is 4.79 Å². The maximum atomic E-state index is 13.2. The van der Waals surface area contributed by atoms with Crippen molar-refractivity contribution >= 4 is 5.78 Å². The molecule has 0 radical (unpaired) electrons. The summed E-state index contributed by atoms with van der Waals surface area (Å²) in [6, 6.07) is 19.5. The van der Waals surface area contributed by atoms with E-state index in [0.29, 0.717) is 17.9 Å². The summed E-state index contributed by atoms with van der Waals surface area (Å²) in [4.78, 5) is 13.2. The van der Waals surface area contributed by atoms with Gasteiger partial charge >= 0.3 is 0 Å². The van der Waals surface area contributed by atoms with Crippen LogP contribution in [0.3, 0.4) is 0 Å². The van der Waals surface area contributed by atoms with E-state index in [-0.39, 0.29) is 11.7 Å². The number of hydrogen-bond acceptors (Lipinski definition) is 5. The Kier molecular flexibility index (Phi) is 4.10. The van der Waals surface area contributed by atoms with Gasteiger partial charge in [0, 0.05) is 11.5 Å². The number of ketones is 1. The van der Waals surface area contributed by atoms with E-state index in [1.807, 2.05) is 61.5 Å². The largest absolute Gasteiger partial charge is 0.468 e. The zero-order valence-corrected chi connectivity index (χ0v) is 19.1. The molecule has 35 heavy (non-hydrogen) atoms. The third kappa shape index (κ3) is 2.55. The van der Waals surface area contributed by atoms with Crippen molar-refractivity contribution in [2.75, 3.05) is 0 Å². The number of benzene rings is 1. The summed E-state index contributed by atoms with van der Waals surface area (Å²) in [5.41, 5.74) is 1.96. The van der Waals surface area contributed by atoms with Gasteiger partial charge in [0.05, 0.1) is 25.1 Å². The van der Waals surface area contributed by atoms with Crippen LogP contribution in [0.5, 0.6) is 0 Å². The van der Waals surface area contributed by atoms with E-state index < -0.39 is 10.8 Å². The average molecular weight is 463 g/mol. The van der Waals surface area contributed by atoms with Gasteiger partial charge in [-0.05, 0) is 77.7 Å². The Bertz CT molecular complexity index is 1460. The van der Waals surface area contributed by atoms with Crippen molar-refractivity contribution in [3.8, 4) is 0 Å². The monoisotopic (exact) mass is 462 g/mol. The highest BCUT2D eigenvalue weighted by molar-refractivity contribution is 6.02. The number of fused-ring (bicyclic) bond motifs is 2. The van der Waals surface area contributed by atoms with Gasteiger partial charge in [-0.1, -0.05) is 25.1 Å². The van der Waals surface area contributed by atoms with Gasteiger partial charge in [-0.25, -0.2) is 0 Å². The molecule has 4 aromatic heterocycles. The summed E-state index contributed by atoms with van der Waals surface area (Å²) in [5.74, 6) is 2.97. The molecule has 2 aliphatic rings. The van der Waals surface area contributed by atoms with Crippen LogP contribution < -0.4 is 0 Å². The van der Waals surface area contributed by atoms with Gasteiger partial charge in [-0.3, -0.25) is 4.79 Å². The van der Waals surface area contributed by atoms with Gasteiger partial charge in [0.15, 0.2) is 5.78 Å². The van der Waals surface area contributed by atoms with Gasteiger partial charge in [0.1, 0.15) is 33.9 Å². The molecule has 0 fully saturated rings. The topological polar surface area (TPSA) is 69.6 Å². The van der Waals surface area contributed by atoms with Crippen molar-refractivity contribution in [2.24, 2.45) is 5.92 Å². The number of allylic oxidation sites excluding steroid dienone is 2. The Morgan fingerprint density at radius 3 is 1.51 bits per heavy atom. The molecule has 0 amide bonds. The maximum Gasteiger partial charge on any atom is 0.166 e. The van der Waals surface area contributed by atoms with Crippen LogP contribution in [0.1, 0.15) is 57.0 Å². The second kappa shape index (κ2) is 7.12. The molecule has 1 unspecified atom stereocenters. The van der Waals surface area contributed by atoms with Gasteiger partial charge in [0.25, 0.3) is 0 Å². The summed E-state index contributed by atoms with van der Waals surface area (Å²) < 4.78 is 24.1. The van der Waals surface area contributed by atoms with E-state index in [0.717, 1.165) is 33.8 Å². The quantitative estimate of drug-likeness (QED) is 0.279. The van der Waals surface area contributed by atoms with E-state index in [1.165, 1.54) is 0 Å². The minimum absolute atomic E-state index is 0.0648. The zero-order chi connectivity index (χ0) is 23.6. The van der Waals surface area contributed by atoms with Gasteiger partial charge in [0.2, 0.25) is 0 Å². The SMILES string of the molecule is CC1Cc2cc3c(cc2C1=O)C(c1ccco1)(c1ccco1)C=CC3(c1ccco1)c1ccco1. The van der Waals surface area contributed by atoms with Crippen LogP contribution in [-0.4, -0.2) is 5.78 Å². The van der Waals surface area contributed by atoms with E-state index in [4.69, 9.17) is 17.7 Å². The minimum atomic E-state index is -0.869. The Hall–Kier alpha value is -4.25. The second-order valence-electron chi connectivity index (χ2n) is 9.38. The van der Waals surface area contributed by atoms with Crippen molar-refractivity contribution in [2.45, 2.75) is 24.2 Å². The molecule has 0 bridgehead atoms.